The molecule has 5 heteroatoms. The lowest BCUT2D eigenvalue weighted by Gasteiger charge is -2.32. The molecule has 106 valence electrons. The molecular formula is C13H25ClN2O2. The van der Waals surface area contributed by atoms with Crippen LogP contribution in [-0.2, 0) is 9.53 Å². The van der Waals surface area contributed by atoms with E-state index in [1.165, 1.54) is 12.8 Å². The van der Waals surface area contributed by atoms with Crippen LogP contribution in [0.2, 0.25) is 0 Å². The first-order valence-corrected chi connectivity index (χ1v) is 6.72. The molecule has 0 aromatic rings. The summed E-state index contributed by atoms with van der Waals surface area (Å²) in [6, 6.07) is 0.180. The van der Waals surface area contributed by atoms with Gasteiger partial charge in [0.25, 0.3) is 0 Å². The maximum absolute atomic E-state index is 12.6. The number of halogens is 1. The van der Waals surface area contributed by atoms with Crippen molar-refractivity contribution in [3.8, 4) is 0 Å². The molecule has 2 fully saturated rings. The Kier molecular flexibility index (Phi) is 5.89. The molecule has 2 rings (SSSR count). The monoisotopic (exact) mass is 276 g/mol. The predicted molar refractivity (Wildman–Crippen MR) is 73.8 cm³/mol. The second kappa shape index (κ2) is 6.73. The second-order valence-corrected chi connectivity index (χ2v) is 5.53. The van der Waals surface area contributed by atoms with Gasteiger partial charge in [-0.3, -0.25) is 4.79 Å². The van der Waals surface area contributed by atoms with Crippen LogP contribution in [0.25, 0.3) is 0 Å². The van der Waals surface area contributed by atoms with Crippen LogP contribution in [0.15, 0.2) is 0 Å². The van der Waals surface area contributed by atoms with Crippen LogP contribution >= 0.6 is 12.4 Å². The number of methoxy groups -OCH3 is 1. The fourth-order valence-electron chi connectivity index (χ4n) is 3.23. The van der Waals surface area contributed by atoms with Gasteiger partial charge in [0.05, 0.1) is 5.41 Å². The Morgan fingerprint density at radius 2 is 2.11 bits per heavy atom. The average molecular weight is 277 g/mol. The highest BCUT2D eigenvalue weighted by Crippen LogP contribution is 2.43. The van der Waals surface area contributed by atoms with Gasteiger partial charge in [0.1, 0.15) is 0 Å². The first kappa shape index (κ1) is 15.7. The van der Waals surface area contributed by atoms with Crippen molar-refractivity contribution in [2.24, 2.45) is 11.1 Å². The highest BCUT2D eigenvalue weighted by atomic mass is 35.5. The molecule has 4 nitrogen and oxygen atoms in total. The lowest BCUT2D eigenvalue weighted by molar-refractivity contribution is -0.142. The van der Waals surface area contributed by atoms with E-state index in [0.29, 0.717) is 12.5 Å². The van der Waals surface area contributed by atoms with Crippen molar-refractivity contribution in [3.63, 3.8) is 0 Å². The van der Waals surface area contributed by atoms with E-state index in [4.69, 9.17) is 10.5 Å². The maximum Gasteiger partial charge on any atom is 0.228 e. The zero-order valence-electron chi connectivity index (χ0n) is 11.2. The molecule has 2 aliphatic rings. The summed E-state index contributed by atoms with van der Waals surface area (Å²) < 4.78 is 5.17. The highest BCUT2D eigenvalue weighted by molar-refractivity contribution is 5.85. The molecule has 1 amide bonds. The van der Waals surface area contributed by atoms with Gasteiger partial charge in [-0.15, -0.1) is 12.4 Å². The summed E-state index contributed by atoms with van der Waals surface area (Å²) in [5.41, 5.74) is 5.75. The van der Waals surface area contributed by atoms with E-state index < -0.39 is 0 Å². The summed E-state index contributed by atoms with van der Waals surface area (Å²) in [5.74, 6) is 0.333. The Morgan fingerprint density at radius 3 is 2.61 bits per heavy atom. The summed E-state index contributed by atoms with van der Waals surface area (Å²) in [4.78, 5) is 14.6. The van der Waals surface area contributed by atoms with Crippen molar-refractivity contribution in [2.75, 3.05) is 26.8 Å². The summed E-state index contributed by atoms with van der Waals surface area (Å²) >= 11 is 0. The minimum absolute atomic E-state index is 0. The van der Waals surface area contributed by atoms with E-state index in [9.17, 15) is 4.79 Å². The average Bonchev–Trinajstić information content (AvgIpc) is 2.95. The van der Waals surface area contributed by atoms with Gasteiger partial charge in [-0.05, 0) is 25.7 Å². The predicted octanol–water partition coefficient (Wildman–Crippen LogP) is 1.56. The van der Waals surface area contributed by atoms with Gasteiger partial charge in [0.2, 0.25) is 5.91 Å². The molecule has 1 atom stereocenters. The molecule has 1 heterocycles. The highest BCUT2D eigenvalue weighted by Gasteiger charge is 2.44. The van der Waals surface area contributed by atoms with Gasteiger partial charge < -0.3 is 15.4 Å². The van der Waals surface area contributed by atoms with Crippen molar-refractivity contribution in [1.82, 2.24) is 4.90 Å². The maximum atomic E-state index is 12.6. The number of carbonyl (C=O) groups excluding carboxylic acids is 1. The number of hydrogen-bond donors (Lipinski definition) is 1. The first-order chi connectivity index (χ1) is 8.18. The smallest absolute Gasteiger partial charge is 0.228 e. The van der Waals surface area contributed by atoms with Crippen LogP contribution < -0.4 is 5.73 Å². The molecule has 0 aromatic carbocycles. The Hall–Kier alpha value is -0.320. The van der Waals surface area contributed by atoms with Crippen molar-refractivity contribution < 1.29 is 9.53 Å². The second-order valence-electron chi connectivity index (χ2n) is 5.53. The van der Waals surface area contributed by atoms with E-state index in [2.05, 4.69) is 0 Å². The Bertz CT molecular complexity index is 280. The molecule has 0 aromatic heterocycles. The van der Waals surface area contributed by atoms with Crippen LogP contribution in [0.5, 0.6) is 0 Å². The first-order valence-electron chi connectivity index (χ1n) is 6.72. The van der Waals surface area contributed by atoms with E-state index in [1.807, 2.05) is 4.90 Å². The molecule has 1 aliphatic carbocycles. The van der Waals surface area contributed by atoms with Crippen molar-refractivity contribution in [3.05, 3.63) is 0 Å². The summed E-state index contributed by atoms with van der Waals surface area (Å²) in [6.07, 6.45) is 6.23. The number of ether oxygens (including phenoxy) is 1. The largest absolute Gasteiger partial charge is 0.385 e. The molecule has 0 bridgehead atoms. The minimum atomic E-state index is -0.139. The van der Waals surface area contributed by atoms with Crippen LogP contribution in [-0.4, -0.2) is 43.7 Å². The standard InChI is InChI=1S/C13H24N2O2.ClH/c1-17-9-7-13(5-2-3-6-13)12(16)15-8-4-11(14)10-15;/h11H,2-10,14H2,1H3;1H/t11-;/m1./s1. The third-order valence-corrected chi connectivity index (χ3v) is 4.31. The van der Waals surface area contributed by atoms with Crippen LogP contribution in [0.3, 0.4) is 0 Å². The molecule has 1 saturated heterocycles. The van der Waals surface area contributed by atoms with Gasteiger partial charge in [-0.25, -0.2) is 0 Å². The van der Waals surface area contributed by atoms with E-state index in [1.54, 1.807) is 7.11 Å². The summed E-state index contributed by atoms with van der Waals surface area (Å²) in [5, 5.41) is 0. The third kappa shape index (κ3) is 3.16. The molecule has 1 aliphatic heterocycles. The van der Waals surface area contributed by atoms with Gasteiger partial charge in [0.15, 0.2) is 0 Å². The Labute approximate surface area is 116 Å². The number of carbonyl (C=O) groups is 1. The lowest BCUT2D eigenvalue weighted by Crippen LogP contribution is -2.43. The van der Waals surface area contributed by atoms with E-state index in [0.717, 1.165) is 38.8 Å². The fraction of sp³-hybridized carbons (Fsp3) is 0.923. The number of nitrogens with zero attached hydrogens (tertiary/aromatic N) is 1. The number of rotatable bonds is 4. The summed E-state index contributed by atoms with van der Waals surface area (Å²) in [6.45, 7) is 2.27. The molecule has 0 spiro atoms. The zero-order chi connectivity index (χ0) is 12.3. The van der Waals surface area contributed by atoms with Crippen molar-refractivity contribution in [1.29, 1.82) is 0 Å². The van der Waals surface area contributed by atoms with Gasteiger partial charge in [0, 0.05) is 32.8 Å². The fourth-order valence-corrected chi connectivity index (χ4v) is 3.23. The Balaban J connectivity index is 0.00000162. The molecule has 0 unspecified atom stereocenters. The Morgan fingerprint density at radius 1 is 1.44 bits per heavy atom. The van der Waals surface area contributed by atoms with Gasteiger partial charge in [-0.1, -0.05) is 12.8 Å². The van der Waals surface area contributed by atoms with Gasteiger partial charge in [-0.2, -0.15) is 0 Å². The van der Waals surface area contributed by atoms with E-state index >= 15 is 0 Å². The van der Waals surface area contributed by atoms with Crippen LogP contribution in [0.1, 0.15) is 38.5 Å². The minimum Gasteiger partial charge on any atom is -0.385 e. The van der Waals surface area contributed by atoms with E-state index in [-0.39, 0.29) is 23.9 Å². The van der Waals surface area contributed by atoms with Crippen molar-refractivity contribution >= 4 is 18.3 Å². The number of hydrogen-bond acceptors (Lipinski definition) is 3. The topological polar surface area (TPSA) is 55.6 Å². The van der Waals surface area contributed by atoms with Crippen LogP contribution in [0, 0.1) is 5.41 Å². The molecule has 0 radical (unpaired) electrons. The SMILES string of the molecule is COCCC1(C(=O)N2CC[C@@H](N)C2)CCCC1.Cl. The molecule has 18 heavy (non-hydrogen) atoms. The number of amides is 1. The molecule has 1 saturated carbocycles. The quantitative estimate of drug-likeness (QED) is 0.848. The van der Waals surface area contributed by atoms with Gasteiger partial charge >= 0.3 is 0 Å². The third-order valence-electron chi connectivity index (χ3n) is 4.31. The molecular weight excluding hydrogens is 252 g/mol. The lowest BCUT2D eigenvalue weighted by atomic mass is 9.81. The van der Waals surface area contributed by atoms with Crippen LogP contribution in [0.4, 0.5) is 0 Å². The number of nitrogens with two attached hydrogens (primary N) is 1. The molecule has 2 N–H and O–H groups in total. The van der Waals surface area contributed by atoms with Crippen molar-refractivity contribution in [2.45, 2.75) is 44.6 Å². The summed E-state index contributed by atoms with van der Waals surface area (Å²) in [7, 11) is 1.71. The zero-order valence-corrected chi connectivity index (χ0v) is 12.0. The normalized spacial score (nSPS) is 26.1. The number of likely N-dealkylation sites (tertiary alicyclic amines) is 1.